The summed E-state index contributed by atoms with van der Waals surface area (Å²) in [5, 5.41) is 20.5. The lowest BCUT2D eigenvalue weighted by atomic mass is 9.45. The molecule has 4 nitrogen and oxygen atoms in total. The molecule has 3 saturated carbocycles. The molecule has 3 fully saturated rings. The minimum atomic E-state index is -2.11. The molecule has 0 aliphatic heterocycles. The van der Waals surface area contributed by atoms with Crippen LogP contribution in [0.3, 0.4) is 0 Å². The summed E-state index contributed by atoms with van der Waals surface area (Å²) in [5.74, 6) is -2.26. The minimum Gasteiger partial charge on any atom is -0.390 e. The van der Waals surface area contributed by atoms with Gasteiger partial charge in [0.15, 0.2) is 17.2 Å². The Kier molecular flexibility index (Phi) is 4.30. The van der Waals surface area contributed by atoms with Gasteiger partial charge in [0.1, 0.15) is 12.8 Å². The maximum absolute atomic E-state index is 16.8. The van der Waals surface area contributed by atoms with Crippen molar-refractivity contribution in [2.45, 2.75) is 58.0 Å². The average molecular weight is 394 g/mol. The highest BCUT2D eigenvalue weighted by molar-refractivity contribution is 6.01. The first-order valence-corrected chi connectivity index (χ1v) is 10.1. The summed E-state index contributed by atoms with van der Waals surface area (Å²) in [5.41, 5.74) is -4.09. The van der Waals surface area contributed by atoms with E-state index in [-0.39, 0.29) is 41.8 Å². The quantitative estimate of drug-likeness (QED) is 0.755. The van der Waals surface area contributed by atoms with Gasteiger partial charge in [0, 0.05) is 17.3 Å². The van der Waals surface area contributed by atoms with E-state index in [0.29, 0.717) is 6.42 Å². The lowest BCUT2D eigenvalue weighted by Crippen LogP contribution is -2.68. The van der Waals surface area contributed by atoms with Crippen LogP contribution in [0.4, 0.5) is 8.78 Å². The van der Waals surface area contributed by atoms with Crippen molar-refractivity contribution in [2.75, 3.05) is 6.61 Å². The van der Waals surface area contributed by atoms with Crippen molar-refractivity contribution >= 4 is 11.6 Å². The number of alkyl halides is 2. The van der Waals surface area contributed by atoms with Crippen LogP contribution in [-0.2, 0) is 9.59 Å². The number of carbonyl (C=O) groups is 2. The van der Waals surface area contributed by atoms with Gasteiger partial charge in [-0.1, -0.05) is 19.9 Å². The topological polar surface area (TPSA) is 74.6 Å². The zero-order valence-corrected chi connectivity index (χ0v) is 16.5. The van der Waals surface area contributed by atoms with Gasteiger partial charge in [0.05, 0.1) is 6.10 Å². The summed E-state index contributed by atoms with van der Waals surface area (Å²) in [6, 6.07) is 0. The van der Waals surface area contributed by atoms with Crippen LogP contribution in [0, 0.1) is 34.5 Å². The molecule has 0 bridgehead atoms. The Hall–Kier alpha value is -1.40. The molecule has 4 rings (SSSR count). The summed E-state index contributed by atoms with van der Waals surface area (Å²) in [4.78, 5) is 24.3. The number of ketones is 2. The predicted octanol–water partition coefficient (Wildman–Crippen LogP) is 2.73. The Morgan fingerprint density at radius 1 is 1.29 bits per heavy atom. The Labute approximate surface area is 163 Å². The molecule has 154 valence electrons. The fourth-order valence-electron chi connectivity index (χ4n) is 7.36. The molecule has 0 spiro atoms. The molecule has 0 aromatic heterocycles. The van der Waals surface area contributed by atoms with Gasteiger partial charge < -0.3 is 10.2 Å². The van der Waals surface area contributed by atoms with E-state index < -0.39 is 47.2 Å². The molecule has 9 atom stereocenters. The predicted molar refractivity (Wildman–Crippen MR) is 98.8 cm³/mol. The molecule has 4 aliphatic rings. The summed E-state index contributed by atoms with van der Waals surface area (Å²) in [6.07, 6.45) is 1.52. The summed E-state index contributed by atoms with van der Waals surface area (Å²) in [7, 11) is 0. The number of halogens is 2. The number of hydrogen-bond donors (Lipinski definition) is 2. The van der Waals surface area contributed by atoms with Crippen molar-refractivity contribution in [3.05, 3.63) is 23.8 Å². The van der Waals surface area contributed by atoms with Gasteiger partial charge >= 0.3 is 0 Å². The monoisotopic (exact) mass is 394 g/mol. The Morgan fingerprint density at radius 3 is 2.61 bits per heavy atom. The van der Waals surface area contributed by atoms with Gasteiger partial charge in [-0.15, -0.1) is 0 Å². The fraction of sp³-hybridized carbons (Fsp3) is 0.727. The van der Waals surface area contributed by atoms with E-state index in [9.17, 15) is 19.8 Å². The number of aliphatic hydroxyl groups excluding tert-OH is 2. The summed E-state index contributed by atoms with van der Waals surface area (Å²) >= 11 is 0. The van der Waals surface area contributed by atoms with E-state index in [2.05, 4.69) is 0 Å². The Morgan fingerprint density at radius 2 is 1.96 bits per heavy atom. The number of carbonyl (C=O) groups excluding carboxylic acids is 2. The molecule has 0 saturated heterocycles. The third kappa shape index (κ3) is 2.22. The number of allylic oxidation sites excluding steroid dienone is 4. The first kappa shape index (κ1) is 19.9. The summed E-state index contributed by atoms with van der Waals surface area (Å²) in [6.45, 7) is 4.78. The lowest BCUT2D eigenvalue weighted by Gasteiger charge is -2.62. The number of aliphatic hydroxyl groups is 2. The van der Waals surface area contributed by atoms with Crippen LogP contribution in [0.2, 0.25) is 0 Å². The standard InChI is InChI=1S/C22H28F2O4/c1-11-6-13-14-8-16(23)15-7-12(26)4-5-21(15,3)22(14,24)18(28)9-20(13,2)19(11)17(27)10-25/h4-5,7,11,13-14,16,18-19,25,28H,6,8-10H2,1-3H3/t11-,13+,14+,16+,18+,19-,20+,21-,22+/m1/s1. The molecule has 0 aromatic carbocycles. The third-order valence-electron chi connectivity index (χ3n) is 8.47. The molecule has 6 heteroatoms. The van der Waals surface area contributed by atoms with Crippen LogP contribution in [0.5, 0.6) is 0 Å². The van der Waals surface area contributed by atoms with Crippen LogP contribution in [-0.4, -0.2) is 46.3 Å². The highest BCUT2D eigenvalue weighted by atomic mass is 19.1. The number of hydrogen-bond acceptors (Lipinski definition) is 4. The SMILES string of the molecule is C[C@@H]1C[C@H]2[C@@H]3C[C@H](F)C4=CC(=O)C=C[C@@]4(C)[C@@]3(F)[C@@H](O)C[C@]2(C)[C@H]1C(=O)CO. The van der Waals surface area contributed by atoms with E-state index in [1.807, 2.05) is 13.8 Å². The van der Waals surface area contributed by atoms with E-state index in [1.54, 1.807) is 6.92 Å². The molecule has 0 radical (unpaired) electrons. The van der Waals surface area contributed by atoms with Crippen LogP contribution >= 0.6 is 0 Å². The molecular formula is C22H28F2O4. The van der Waals surface area contributed by atoms with Gasteiger partial charge in [-0.05, 0) is 61.2 Å². The second-order valence-corrected chi connectivity index (χ2v) is 9.76. The molecule has 0 aromatic rings. The van der Waals surface area contributed by atoms with Gasteiger partial charge in [0.25, 0.3) is 0 Å². The molecule has 0 heterocycles. The molecule has 0 amide bonds. The molecule has 4 aliphatic carbocycles. The molecule has 0 unspecified atom stereocenters. The van der Waals surface area contributed by atoms with Crippen LogP contribution < -0.4 is 0 Å². The van der Waals surface area contributed by atoms with Gasteiger partial charge in [-0.3, -0.25) is 9.59 Å². The van der Waals surface area contributed by atoms with E-state index in [0.717, 1.165) is 0 Å². The zero-order chi connectivity index (χ0) is 20.6. The molecule has 2 N–H and O–H groups in total. The van der Waals surface area contributed by atoms with Crippen molar-refractivity contribution in [1.29, 1.82) is 0 Å². The first-order valence-electron chi connectivity index (χ1n) is 10.1. The van der Waals surface area contributed by atoms with E-state index in [1.165, 1.54) is 18.2 Å². The van der Waals surface area contributed by atoms with Crippen LogP contribution in [0.25, 0.3) is 0 Å². The van der Waals surface area contributed by atoms with Gasteiger partial charge in [-0.25, -0.2) is 8.78 Å². The smallest absolute Gasteiger partial charge is 0.178 e. The first-order chi connectivity index (χ1) is 13.0. The number of Topliss-reactive ketones (excluding diaryl/α,β-unsaturated/α-hetero) is 1. The Bertz CT molecular complexity index is 791. The fourth-order valence-corrected chi connectivity index (χ4v) is 7.36. The second-order valence-electron chi connectivity index (χ2n) is 9.76. The maximum atomic E-state index is 16.8. The highest BCUT2D eigenvalue weighted by Gasteiger charge is 2.73. The lowest BCUT2D eigenvalue weighted by molar-refractivity contribution is -0.202. The maximum Gasteiger partial charge on any atom is 0.178 e. The third-order valence-corrected chi connectivity index (χ3v) is 8.47. The highest BCUT2D eigenvalue weighted by Crippen LogP contribution is 2.70. The van der Waals surface area contributed by atoms with Gasteiger partial charge in [-0.2, -0.15) is 0 Å². The van der Waals surface area contributed by atoms with Crippen LogP contribution in [0.15, 0.2) is 23.8 Å². The van der Waals surface area contributed by atoms with Crippen molar-refractivity contribution in [2.24, 2.45) is 34.5 Å². The molecular weight excluding hydrogens is 366 g/mol. The van der Waals surface area contributed by atoms with E-state index in [4.69, 9.17) is 0 Å². The molecule has 28 heavy (non-hydrogen) atoms. The number of fused-ring (bicyclic) bond motifs is 5. The normalized spacial score (nSPS) is 52.5. The van der Waals surface area contributed by atoms with Crippen molar-refractivity contribution in [3.63, 3.8) is 0 Å². The average Bonchev–Trinajstić information content (AvgIpc) is 2.89. The van der Waals surface area contributed by atoms with Crippen molar-refractivity contribution in [1.82, 2.24) is 0 Å². The number of rotatable bonds is 2. The van der Waals surface area contributed by atoms with Gasteiger partial charge in [0.2, 0.25) is 0 Å². The Balaban J connectivity index is 1.84. The minimum absolute atomic E-state index is 0.0736. The zero-order valence-electron chi connectivity index (χ0n) is 16.5. The second kappa shape index (κ2) is 6.05. The van der Waals surface area contributed by atoms with Crippen LogP contribution in [0.1, 0.15) is 40.0 Å². The summed E-state index contributed by atoms with van der Waals surface area (Å²) < 4.78 is 32.0. The van der Waals surface area contributed by atoms with Crippen molar-refractivity contribution < 1.29 is 28.6 Å². The largest absolute Gasteiger partial charge is 0.390 e. The van der Waals surface area contributed by atoms with Crippen molar-refractivity contribution in [3.8, 4) is 0 Å². The van der Waals surface area contributed by atoms with E-state index >= 15 is 8.78 Å².